The molecular weight excluding hydrogens is 290 g/mol. The SMILES string of the molecule is c1sc(C2CCN(C3CCCC3)CC2)nc1C1CCNCC1. The van der Waals surface area contributed by atoms with Crippen molar-refractivity contribution in [3.8, 4) is 0 Å². The monoisotopic (exact) mass is 319 g/mol. The van der Waals surface area contributed by atoms with Crippen molar-refractivity contribution in [1.82, 2.24) is 15.2 Å². The Morgan fingerprint density at radius 2 is 1.68 bits per heavy atom. The summed E-state index contributed by atoms with van der Waals surface area (Å²) in [7, 11) is 0. The van der Waals surface area contributed by atoms with Gasteiger partial charge in [-0.05, 0) is 64.7 Å². The van der Waals surface area contributed by atoms with Gasteiger partial charge < -0.3 is 10.2 Å². The lowest BCUT2D eigenvalue weighted by Crippen LogP contribution is -2.39. The van der Waals surface area contributed by atoms with Crippen molar-refractivity contribution >= 4 is 11.3 Å². The van der Waals surface area contributed by atoms with E-state index in [0.717, 1.165) is 25.0 Å². The molecule has 1 aromatic rings. The molecule has 1 saturated carbocycles. The molecule has 4 heteroatoms. The van der Waals surface area contributed by atoms with Gasteiger partial charge in [0.05, 0.1) is 10.7 Å². The summed E-state index contributed by atoms with van der Waals surface area (Å²) in [6, 6.07) is 0.905. The molecule has 3 heterocycles. The number of aromatic nitrogens is 1. The second kappa shape index (κ2) is 6.98. The first-order chi connectivity index (χ1) is 10.9. The Morgan fingerprint density at radius 3 is 2.41 bits per heavy atom. The van der Waals surface area contributed by atoms with Gasteiger partial charge in [-0.1, -0.05) is 12.8 Å². The Labute approximate surface area is 138 Å². The maximum atomic E-state index is 5.05. The molecule has 3 fully saturated rings. The third-order valence-corrected chi connectivity index (χ3v) is 7.04. The average molecular weight is 320 g/mol. The largest absolute Gasteiger partial charge is 0.317 e. The highest BCUT2D eigenvalue weighted by atomic mass is 32.1. The van der Waals surface area contributed by atoms with Gasteiger partial charge in [0.25, 0.3) is 0 Å². The van der Waals surface area contributed by atoms with E-state index in [-0.39, 0.29) is 0 Å². The zero-order valence-electron chi connectivity index (χ0n) is 13.6. The molecule has 1 aromatic heterocycles. The number of nitrogens with zero attached hydrogens (tertiary/aromatic N) is 2. The van der Waals surface area contributed by atoms with Crippen molar-refractivity contribution in [2.45, 2.75) is 69.2 Å². The fourth-order valence-electron chi connectivity index (χ4n) is 4.57. The van der Waals surface area contributed by atoms with Crippen LogP contribution in [0.2, 0.25) is 0 Å². The van der Waals surface area contributed by atoms with E-state index >= 15 is 0 Å². The number of nitrogens with one attached hydrogen (secondary N) is 1. The summed E-state index contributed by atoms with van der Waals surface area (Å²) in [5, 5.41) is 7.24. The number of hydrogen-bond donors (Lipinski definition) is 1. The molecule has 2 aliphatic heterocycles. The molecule has 0 atom stereocenters. The average Bonchev–Trinajstić information content (AvgIpc) is 3.28. The molecule has 22 heavy (non-hydrogen) atoms. The first kappa shape index (κ1) is 15.1. The number of piperidine rings is 2. The first-order valence-corrected chi connectivity index (χ1v) is 10.2. The molecule has 0 bridgehead atoms. The van der Waals surface area contributed by atoms with Crippen molar-refractivity contribution in [1.29, 1.82) is 0 Å². The number of hydrogen-bond acceptors (Lipinski definition) is 4. The lowest BCUT2D eigenvalue weighted by atomic mass is 9.94. The van der Waals surface area contributed by atoms with Gasteiger partial charge in [-0.15, -0.1) is 11.3 Å². The van der Waals surface area contributed by atoms with E-state index in [9.17, 15) is 0 Å². The summed E-state index contributed by atoms with van der Waals surface area (Å²) in [6.07, 6.45) is 11.0. The van der Waals surface area contributed by atoms with Crippen molar-refractivity contribution in [3.05, 3.63) is 16.1 Å². The molecule has 4 rings (SSSR count). The van der Waals surface area contributed by atoms with Crippen molar-refractivity contribution in [2.75, 3.05) is 26.2 Å². The lowest BCUT2D eigenvalue weighted by molar-refractivity contribution is 0.154. The van der Waals surface area contributed by atoms with Crippen LogP contribution in [0.25, 0.3) is 0 Å². The molecule has 1 aliphatic carbocycles. The van der Waals surface area contributed by atoms with Crippen LogP contribution < -0.4 is 5.32 Å². The van der Waals surface area contributed by atoms with Crippen LogP contribution in [0.1, 0.15) is 73.9 Å². The van der Waals surface area contributed by atoms with Gasteiger partial charge in [0.1, 0.15) is 0 Å². The lowest BCUT2D eigenvalue weighted by Gasteiger charge is -2.35. The minimum Gasteiger partial charge on any atom is -0.317 e. The van der Waals surface area contributed by atoms with Gasteiger partial charge in [0.15, 0.2) is 0 Å². The quantitative estimate of drug-likeness (QED) is 0.920. The Morgan fingerprint density at radius 1 is 0.955 bits per heavy atom. The van der Waals surface area contributed by atoms with E-state index in [1.54, 1.807) is 0 Å². The summed E-state index contributed by atoms with van der Waals surface area (Å²) in [6.45, 7) is 4.93. The Bertz CT molecular complexity index is 466. The molecule has 0 radical (unpaired) electrons. The minimum atomic E-state index is 0.713. The number of thiazole rings is 1. The van der Waals surface area contributed by atoms with Crippen LogP contribution in [0, 0.1) is 0 Å². The standard InChI is InChI=1S/C18H29N3S/c1-2-4-16(3-1)21-11-7-15(8-12-21)18-20-17(13-22-18)14-5-9-19-10-6-14/h13-16,19H,1-12H2. The zero-order valence-corrected chi connectivity index (χ0v) is 14.4. The smallest absolute Gasteiger partial charge is 0.0960 e. The van der Waals surface area contributed by atoms with Gasteiger partial charge in [0.2, 0.25) is 0 Å². The van der Waals surface area contributed by atoms with Crippen LogP contribution in [0.4, 0.5) is 0 Å². The van der Waals surface area contributed by atoms with Gasteiger partial charge in [-0.3, -0.25) is 0 Å². The van der Waals surface area contributed by atoms with E-state index in [0.29, 0.717) is 5.92 Å². The normalized spacial score (nSPS) is 26.7. The predicted octanol–water partition coefficient (Wildman–Crippen LogP) is 3.73. The molecular formula is C18H29N3S. The fraction of sp³-hybridized carbons (Fsp3) is 0.833. The first-order valence-electron chi connectivity index (χ1n) is 9.30. The van der Waals surface area contributed by atoms with Crippen molar-refractivity contribution in [3.63, 3.8) is 0 Å². The Kier molecular flexibility index (Phi) is 4.79. The van der Waals surface area contributed by atoms with E-state index in [1.165, 1.54) is 75.2 Å². The van der Waals surface area contributed by atoms with Crippen LogP contribution in [0.5, 0.6) is 0 Å². The van der Waals surface area contributed by atoms with Crippen LogP contribution >= 0.6 is 11.3 Å². The number of rotatable bonds is 3. The molecule has 1 N–H and O–H groups in total. The number of likely N-dealkylation sites (tertiary alicyclic amines) is 1. The van der Waals surface area contributed by atoms with Gasteiger partial charge in [0, 0.05) is 23.3 Å². The molecule has 122 valence electrons. The minimum absolute atomic E-state index is 0.713. The van der Waals surface area contributed by atoms with Crippen molar-refractivity contribution in [2.24, 2.45) is 0 Å². The van der Waals surface area contributed by atoms with Gasteiger partial charge in [-0.25, -0.2) is 4.98 Å². The molecule has 0 amide bonds. The van der Waals surface area contributed by atoms with Gasteiger partial charge >= 0.3 is 0 Å². The van der Waals surface area contributed by atoms with E-state index in [1.807, 2.05) is 11.3 Å². The van der Waals surface area contributed by atoms with Crippen LogP contribution in [-0.2, 0) is 0 Å². The topological polar surface area (TPSA) is 28.2 Å². The third-order valence-electron chi connectivity index (χ3n) is 6.02. The molecule has 3 nitrogen and oxygen atoms in total. The summed E-state index contributed by atoms with van der Waals surface area (Å²) in [5.74, 6) is 1.45. The maximum Gasteiger partial charge on any atom is 0.0960 e. The Hall–Kier alpha value is -0.450. The highest BCUT2D eigenvalue weighted by Crippen LogP contribution is 2.35. The van der Waals surface area contributed by atoms with E-state index in [4.69, 9.17) is 4.98 Å². The summed E-state index contributed by atoms with van der Waals surface area (Å²) < 4.78 is 0. The maximum absolute atomic E-state index is 5.05. The summed E-state index contributed by atoms with van der Waals surface area (Å²) in [5.41, 5.74) is 1.39. The van der Waals surface area contributed by atoms with Crippen LogP contribution in [0.15, 0.2) is 5.38 Å². The fourth-order valence-corrected chi connectivity index (χ4v) is 5.65. The summed E-state index contributed by atoms with van der Waals surface area (Å²) in [4.78, 5) is 7.82. The highest BCUT2D eigenvalue weighted by molar-refractivity contribution is 7.09. The van der Waals surface area contributed by atoms with E-state index in [2.05, 4.69) is 15.6 Å². The van der Waals surface area contributed by atoms with Crippen LogP contribution in [0.3, 0.4) is 0 Å². The molecule has 0 spiro atoms. The molecule has 0 aromatic carbocycles. The molecule has 3 aliphatic rings. The predicted molar refractivity (Wildman–Crippen MR) is 92.8 cm³/mol. The highest BCUT2D eigenvalue weighted by Gasteiger charge is 2.29. The third kappa shape index (κ3) is 3.24. The van der Waals surface area contributed by atoms with E-state index < -0.39 is 0 Å². The van der Waals surface area contributed by atoms with Crippen molar-refractivity contribution < 1.29 is 0 Å². The molecule has 0 unspecified atom stereocenters. The molecule has 2 saturated heterocycles. The second-order valence-electron chi connectivity index (χ2n) is 7.38. The Balaban J connectivity index is 1.34. The van der Waals surface area contributed by atoms with Crippen LogP contribution in [-0.4, -0.2) is 42.1 Å². The second-order valence-corrected chi connectivity index (χ2v) is 8.27. The summed E-state index contributed by atoms with van der Waals surface area (Å²) >= 11 is 1.93. The zero-order chi connectivity index (χ0) is 14.8. The van der Waals surface area contributed by atoms with Gasteiger partial charge in [-0.2, -0.15) is 0 Å².